The molecule has 0 bridgehead atoms. The first-order valence-electron chi connectivity index (χ1n) is 9.80. The minimum Gasteiger partial charge on any atom is -0.351 e. The Balaban J connectivity index is 1.54. The maximum Gasteiger partial charge on any atom is 0.204 e. The summed E-state index contributed by atoms with van der Waals surface area (Å²) in [4.78, 5) is 0. The van der Waals surface area contributed by atoms with Crippen LogP contribution in [0.5, 0.6) is 0 Å². The quantitative estimate of drug-likeness (QED) is 0.395. The standard InChI is InChI=1S/C22H30N4/c1-3-5-11-23-13-15-25(19-23)17-21-7-9-22(10-8-21)18-26-16-14-24(20-26)12-6-4-2/h7-10,13-16H,3-6,11-12,17-18H2,1-2H3. The Labute approximate surface area is 157 Å². The second kappa shape index (κ2) is 9.37. The Bertz CT molecular complexity index is 715. The largest absolute Gasteiger partial charge is 0.351 e. The zero-order valence-corrected chi connectivity index (χ0v) is 16.1. The number of nitrogens with zero attached hydrogens (tertiary/aromatic N) is 4. The van der Waals surface area contributed by atoms with Crippen molar-refractivity contribution in [3.8, 4) is 0 Å². The first-order chi connectivity index (χ1) is 12.8. The second-order valence-electron chi connectivity index (χ2n) is 6.96. The average molecular weight is 351 g/mol. The highest BCUT2D eigenvalue weighted by Gasteiger charge is 2.02. The van der Waals surface area contributed by atoms with Crippen molar-refractivity contribution in [2.75, 3.05) is 0 Å². The molecule has 2 aromatic heterocycles. The third-order valence-electron chi connectivity index (χ3n) is 4.60. The number of hydrogen-bond donors (Lipinski definition) is 0. The van der Waals surface area contributed by atoms with E-state index in [1.54, 1.807) is 0 Å². The predicted molar refractivity (Wildman–Crippen MR) is 101 cm³/mol. The molecule has 3 rings (SSSR count). The molecule has 0 aliphatic carbocycles. The molecule has 0 amide bonds. The topological polar surface area (TPSA) is 17.6 Å². The molecule has 138 valence electrons. The second-order valence-corrected chi connectivity index (χ2v) is 6.96. The van der Waals surface area contributed by atoms with Crippen molar-refractivity contribution in [3.63, 3.8) is 0 Å². The number of unbranched alkanes of at least 4 members (excludes halogenated alkanes) is 2. The lowest BCUT2D eigenvalue weighted by Gasteiger charge is -2.05. The molecule has 0 atom stereocenters. The summed E-state index contributed by atoms with van der Waals surface area (Å²) in [6, 6.07) is 8.87. The molecule has 3 aromatic rings. The van der Waals surface area contributed by atoms with E-state index in [1.165, 1.54) is 36.8 Å². The third kappa shape index (κ3) is 5.32. The average Bonchev–Trinajstić information content (AvgIpc) is 3.29. The van der Waals surface area contributed by atoms with E-state index < -0.39 is 0 Å². The van der Waals surface area contributed by atoms with E-state index in [0.29, 0.717) is 0 Å². The van der Waals surface area contributed by atoms with Crippen molar-refractivity contribution >= 4 is 0 Å². The fourth-order valence-electron chi connectivity index (χ4n) is 3.01. The molecule has 0 saturated carbocycles. The Morgan fingerprint density at radius 3 is 2.23 bits per heavy atom. The minimum atomic E-state index is 0.867. The van der Waals surface area contributed by atoms with Gasteiger partial charge in [0.2, 0.25) is 12.7 Å². The van der Waals surface area contributed by atoms with Crippen LogP contribution in [0, 0.1) is 12.7 Å². The number of rotatable bonds is 10. The molecule has 0 radical (unpaired) electrons. The fourth-order valence-corrected chi connectivity index (χ4v) is 3.01. The Morgan fingerprint density at radius 2 is 1.46 bits per heavy atom. The van der Waals surface area contributed by atoms with Crippen LogP contribution in [0.1, 0.15) is 50.7 Å². The Hall–Kier alpha value is -2.36. The van der Waals surface area contributed by atoms with Crippen LogP contribution in [0.2, 0.25) is 0 Å². The van der Waals surface area contributed by atoms with Crippen molar-refractivity contribution in [2.24, 2.45) is 0 Å². The summed E-state index contributed by atoms with van der Waals surface area (Å²) in [6.07, 6.45) is 20.0. The molecular formula is C22H30N4. The van der Waals surface area contributed by atoms with E-state index in [4.69, 9.17) is 0 Å². The first kappa shape index (κ1) is 18.4. The molecule has 0 N–H and O–H groups in total. The molecule has 2 heterocycles. The molecule has 4 nitrogen and oxygen atoms in total. The van der Waals surface area contributed by atoms with Crippen molar-refractivity contribution in [2.45, 2.75) is 65.7 Å². The normalized spacial score (nSPS) is 11.2. The summed E-state index contributed by atoms with van der Waals surface area (Å²) in [5.41, 5.74) is 2.61. The smallest absolute Gasteiger partial charge is 0.204 e. The number of imidazole rings is 2. The molecule has 0 fully saturated rings. The summed E-state index contributed by atoms with van der Waals surface area (Å²) in [5, 5.41) is 0. The van der Waals surface area contributed by atoms with Crippen molar-refractivity contribution < 1.29 is 9.13 Å². The summed E-state index contributed by atoms with van der Waals surface area (Å²) in [7, 11) is 0. The van der Waals surface area contributed by atoms with Gasteiger partial charge in [0.1, 0.15) is 0 Å². The zero-order valence-electron chi connectivity index (χ0n) is 16.1. The Kier molecular flexibility index (Phi) is 6.64. The van der Waals surface area contributed by atoms with E-state index in [-0.39, 0.29) is 0 Å². The van der Waals surface area contributed by atoms with Gasteiger partial charge in [-0.25, -0.2) is 0 Å². The molecule has 0 aliphatic rings. The monoisotopic (exact) mass is 350 g/mol. The predicted octanol–water partition coefficient (Wildman–Crippen LogP) is 3.16. The van der Waals surface area contributed by atoms with Crippen molar-refractivity contribution in [1.82, 2.24) is 9.13 Å². The van der Waals surface area contributed by atoms with E-state index >= 15 is 0 Å². The SMILES string of the molecule is CCCCn1[c-][n+](Cc2ccc(Cn3[c-][n+](CCCC)cc3)cc2)cc1. The Morgan fingerprint density at radius 1 is 0.808 bits per heavy atom. The van der Waals surface area contributed by atoms with Gasteiger partial charge in [0.05, 0.1) is 26.2 Å². The molecule has 4 heteroatoms. The molecule has 0 spiro atoms. The van der Waals surface area contributed by atoms with Crippen LogP contribution >= 0.6 is 0 Å². The number of hydrogen-bond acceptors (Lipinski definition) is 0. The van der Waals surface area contributed by atoms with E-state index in [0.717, 1.165) is 26.2 Å². The number of benzene rings is 1. The molecule has 26 heavy (non-hydrogen) atoms. The van der Waals surface area contributed by atoms with Gasteiger partial charge in [0.25, 0.3) is 0 Å². The minimum absolute atomic E-state index is 0.867. The summed E-state index contributed by atoms with van der Waals surface area (Å²) in [6.45, 7) is 8.27. The molecular weight excluding hydrogens is 320 g/mol. The molecule has 0 aliphatic heterocycles. The fraction of sp³-hybridized carbons (Fsp3) is 0.455. The molecule has 0 saturated heterocycles. The van der Waals surface area contributed by atoms with Gasteiger partial charge in [-0.1, -0.05) is 51.0 Å². The highest BCUT2D eigenvalue weighted by molar-refractivity contribution is 5.22. The van der Waals surface area contributed by atoms with Crippen LogP contribution in [-0.4, -0.2) is 9.13 Å². The summed E-state index contributed by atoms with van der Waals surface area (Å²) in [5.74, 6) is 0. The molecule has 0 unspecified atom stereocenters. The summed E-state index contributed by atoms with van der Waals surface area (Å²) < 4.78 is 8.54. The molecule has 1 aromatic carbocycles. The van der Waals surface area contributed by atoms with Gasteiger partial charge in [-0.15, -0.1) is 0 Å². The highest BCUT2D eigenvalue weighted by atomic mass is 15.1. The lowest BCUT2D eigenvalue weighted by atomic mass is 10.1. The van der Waals surface area contributed by atoms with Gasteiger partial charge in [-0.3, -0.25) is 0 Å². The zero-order chi connectivity index (χ0) is 18.2. The van der Waals surface area contributed by atoms with Crippen LogP contribution in [0.25, 0.3) is 0 Å². The maximum absolute atomic E-state index is 3.39. The van der Waals surface area contributed by atoms with Crippen LogP contribution < -0.4 is 9.13 Å². The van der Waals surface area contributed by atoms with Crippen LogP contribution in [0.15, 0.2) is 49.1 Å². The van der Waals surface area contributed by atoms with Crippen LogP contribution in [-0.2, 0) is 26.2 Å². The maximum atomic E-state index is 3.39. The van der Waals surface area contributed by atoms with E-state index in [9.17, 15) is 0 Å². The van der Waals surface area contributed by atoms with E-state index in [1.807, 2.05) is 0 Å². The van der Waals surface area contributed by atoms with Crippen LogP contribution in [0.4, 0.5) is 0 Å². The summed E-state index contributed by atoms with van der Waals surface area (Å²) >= 11 is 0. The van der Waals surface area contributed by atoms with Gasteiger partial charge < -0.3 is 18.3 Å². The lowest BCUT2D eigenvalue weighted by Crippen LogP contribution is -2.32. The van der Waals surface area contributed by atoms with Crippen molar-refractivity contribution in [3.05, 3.63) is 72.8 Å². The van der Waals surface area contributed by atoms with E-state index in [2.05, 4.69) is 93.8 Å². The van der Waals surface area contributed by atoms with Gasteiger partial charge in [0, 0.05) is 0 Å². The van der Waals surface area contributed by atoms with Gasteiger partial charge in [-0.2, -0.15) is 0 Å². The van der Waals surface area contributed by atoms with Gasteiger partial charge >= 0.3 is 0 Å². The van der Waals surface area contributed by atoms with Gasteiger partial charge in [0.15, 0.2) is 0 Å². The lowest BCUT2D eigenvalue weighted by molar-refractivity contribution is -0.700. The highest BCUT2D eigenvalue weighted by Crippen LogP contribution is 2.06. The number of aryl methyl sites for hydroxylation is 2. The van der Waals surface area contributed by atoms with Crippen molar-refractivity contribution in [1.29, 1.82) is 0 Å². The van der Waals surface area contributed by atoms with Crippen LogP contribution in [0.3, 0.4) is 0 Å². The third-order valence-corrected chi connectivity index (χ3v) is 4.60. The number of aromatic nitrogens is 4. The van der Waals surface area contributed by atoms with Gasteiger partial charge in [-0.05, 0) is 48.8 Å². The first-order valence-corrected chi connectivity index (χ1v) is 9.80.